The molecule has 1 saturated carbocycles. The lowest BCUT2D eigenvalue weighted by Crippen LogP contribution is -2.39. The summed E-state index contributed by atoms with van der Waals surface area (Å²) in [5.41, 5.74) is 12.5. The van der Waals surface area contributed by atoms with Crippen molar-refractivity contribution in [2.75, 3.05) is 18.0 Å². The van der Waals surface area contributed by atoms with Crippen molar-refractivity contribution >= 4 is 42.4 Å². The van der Waals surface area contributed by atoms with Gasteiger partial charge >= 0.3 is 0 Å². The molecule has 1 aliphatic heterocycles. The van der Waals surface area contributed by atoms with Gasteiger partial charge in [-0.05, 0) is 37.7 Å². The predicted octanol–water partition coefficient (Wildman–Crippen LogP) is 1.76. The van der Waals surface area contributed by atoms with E-state index in [4.69, 9.17) is 11.5 Å². The average Bonchev–Trinajstić information content (AvgIpc) is 3.05. The number of anilines is 1. The smallest absolute Gasteiger partial charge is 0.220 e. The molecule has 0 unspecified atom stereocenters. The van der Waals surface area contributed by atoms with Gasteiger partial charge in [-0.1, -0.05) is 12.5 Å². The van der Waals surface area contributed by atoms with Crippen LogP contribution in [0.2, 0.25) is 0 Å². The van der Waals surface area contributed by atoms with Crippen molar-refractivity contribution in [2.24, 2.45) is 23.3 Å². The number of halogens is 2. The molecule has 158 valence electrons. The van der Waals surface area contributed by atoms with Gasteiger partial charge in [0.25, 0.3) is 0 Å². The third kappa shape index (κ3) is 6.22. The SMILES string of the molecule is Cl.Cl.NC(=O)C1CCN(c2ncccc2CNC(=O)C[C@@H]2CCC[C@H]2N)CC1. The number of primary amides is 1. The molecule has 5 N–H and O–H groups in total. The van der Waals surface area contributed by atoms with E-state index in [9.17, 15) is 9.59 Å². The van der Waals surface area contributed by atoms with Gasteiger partial charge in [-0.2, -0.15) is 0 Å². The summed E-state index contributed by atoms with van der Waals surface area (Å²) in [6.45, 7) is 1.96. The van der Waals surface area contributed by atoms with Gasteiger partial charge in [-0.3, -0.25) is 9.59 Å². The Balaban J connectivity index is 0.00000196. The number of hydrogen-bond acceptors (Lipinski definition) is 5. The highest BCUT2D eigenvalue weighted by Gasteiger charge is 2.27. The summed E-state index contributed by atoms with van der Waals surface area (Å²) in [5, 5.41) is 3.02. The maximum absolute atomic E-state index is 12.3. The van der Waals surface area contributed by atoms with Gasteiger partial charge in [0.2, 0.25) is 11.8 Å². The second kappa shape index (κ2) is 11.4. The molecule has 0 aromatic carbocycles. The van der Waals surface area contributed by atoms with E-state index in [0.717, 1.165) is 56.6 Å². The number of aromatic nitrogens is 1. The Bertz CT molecular complexity index is 653. The Kier molecular flexibility index (Phi) is 9.99. The molecule has 2 amide bonds. The van der Waals surface area contributed by atoms with Crippen LogP contribution in [-0.2, 0) is 16.1 Å². The normalized spacial score (nSPS) is 22.1. The minimum Gasteiger partial charge on any atom is -0.369 e. The second-order valence-corrected chi connectivity index (χ2v) is 7.49. The van der Waals surface area contributed by atoms with Gasteiger partial charge < -0.3 is 21.7 Å². The molecule has 1 aromatic rings. The number of amides is 2. The molecule has 1 aromatic heterocycles. The number of rotatable bonds is 6. The van der Waals surface area contributed by atoms with Gasteiger partial charge in [0, 0.05) is 49.8 Å². The van der Waals surface area contributed by atoms with E-state index in [0.29, 0.717) is 18.9 Å². The fraction of sp³-hybridized carbons (Fsp3) is 0.632. The van der Waals surface area contributed by atoms with Crippen LogP contribution in [0.3, 0.4) is 0 Å². The highest BCUT2D eigenvalue weighted by molar-refractivity contribution is 5.85. The first kappa shape index (κ1) is 24.5. The molecule has 9 heteroatoms. The summed E-state index contributed by atoms with van der Waals surface area (Å²) < 4.78 is 0. The summed E-state index contributed by atoms with van der Waals surface area (Å²) in [7, 11) is 0. The quantitative estimate of drug-likeness (QED) is 0.634. The molecule has 1 saturated heterocycles. The largest absolute Gasteiger partial charge is 0.369 e. The highest BCUT2D eigenvalue weighted by Crippen LogP contribution is 2.27. The van der Waals surface area contributed by atoms with Gasteiger partial charge in [0.15, 0.2) is 0 Å². The molecule has 2 atom stereocenters. The first-order valence-electron chi connectivity index (χ1n) is 9.55. The molecule has 3 rings (SSSR count). The molecule has 2 heterocycles. The Hall–Kier alpha value is -1.57. The van der Waals surface area contributed by atoms with Gasteiger partial charge in [-0.25, -0.2) is 4.98 Å². The Morgan fingerprint density at radius 2 is 1.89 bits per heavy atom. The van der Waals surface area contributed by atoms with Crippen LogP contribution in [0.25, 0.3) is 0 Å². The van der Waals surface area contributed by atoms with Crippen LogP contribution in [0.4, 0.5) is 5.82 Å². The Morgan fingerprint density at radius 3 is 2.50 bits per heavy atom. The average molecular weight is 432 g/mol. The van der Waals surface area contributed by atoms with Crippen LogP contribution in [-0.4, -0.2) is 35.9 Å². The van der Waals surface area contributed by atoms with Crippen molar-refractivity contribution in [3.8, 4) is 0 Å². The summed E-state index contributed by atoms with van der Waals surface area (Å²) in [6.07, 6.45) is 6.94. The molecule has 28 heavy (non-hydrogen) atoms. The van der Waals surface area contributed by atoms with Crippen LogP contribution >= 0.6 is 24.8 Å². The summed E-state index contributed by atoms with van der Waals surface area (Å²) >= 11 is 0. The molecular weight excluding hydrogens is 401 g/mol. The molecule has 7 nitrogen and oxygen atoms in total. The first-order valence-corrected chi connectivity index (χ1v) is 9.55. The van der Waals surface area contributed by atoms with Gasteiger partial charge in [-0.15, -0.1) is 24.8 Å². The number of piperidine rings is 1. The zero-order valence-electron chi connectivity index (χ0n) is 16.0. The van der Waals surface area contributed by atoms with Crippen molar-refractivity contribution in [1.29, 1.82) is 0 Å². The van der Waals surface area contributed by atoms with Crippen molar-refractivity contribution in [1.82, 2.24) is 10.3 Å². The van der Waals surface area contributed by atoms with E-state index in [1.807, 2.05) is 12.1 Å². The van der Waals surface area contributed by atoms with E-state index in [1.165, 1.54) is 0 Å². The van der Waals surface area contributed by atoms with Gasteiger partial charge in [0.1, 0.15) is 5.82 Å². The van der Waals surface area contributed by atoms with Crippen LogP contribution in [0.5, 0.6) is 0 Å². The van der Waals surface area contributed by atoms with E-state index in [-0.39, 0.29) is 48.6 Å². The number of hydrogen-bond donors (Lipinski definition) is 3. The van der Waals surface area contributed by atoms with Gasteiger partial charge in [0.05, 0.1) is 0 Å². The Labute approximate surface area is 178 Å². The summed E-state index contributed by atoms with van der Waals surface area (Å²) in [4.78, 5) is 30.3. The zero-order valence-corrected chi connectivity index (χ0v) is 17.6. The lowest BCUT2D eigenvalue weighted by molar-refractivity contribution is -0.123. The topological polar surface area (TPSA) is 114 Å². The molecular formula is C19H31Cl2N5O2. The standard InChI is InChI=1S/C19H29N5O2.2ClH/c20-16-5-1-3-14(16)11-17(25)23-12-15-4-2-8-22-19(15)24-9-6-13(7-10-24)18(21)26;;/h2,4,8,13-14,16H,1,3,5-7,9-12,20H2,(H2,21,26)(H,23,25);2*1H/t14-,16+;;/m0../s1. The number of carbonyl (C=O) groups excluding carboxylic acids is 2. The van der Waals surface area contributed by atoms with E-state index in [2.05, 4.69) is 15.2 Å². The lowest BCUT2D eigenvalue weighted by Gasteiger charge is -2.32. The molecule has 1 aliphatic carbocycles. The molecule has 0 bridgehead atoms. The van der Waals surface area contributed by atoms with Crippen LogP contribution in [0.1, 0.15) is 44.1 Å². The third-order valence-corrected chi connectivity index (χ3v) is 5.71. The Morgan fingerprint density at radius 1 is 1.18 bits per heavy atom. The minimum atomic E-state index is -0.219. The monoisotopic (exact) mass is 431 g/mol. The molecule has 0 radical (unpaired) electrons. The maximum Gasteiger partial charge on any atom is 0.220 e. The second-order valence-electron chi connectivity index (χ2n) is 7.49. The van der Waals surface area contributed by atoms with E-state index in [1.54, 1.807) is 6.20 Å². The predicted molar refractivity (Wildman–Crippen MR) is 115 cm³/mol. The van der Waals surface area contributed by atoms with Crippen molar-refractivity contribution in [3.63, 3.8) is 0 Å². The molecule has 2 fully saturated rings. The minimum absolute atomic E-state index is 0. The fourth-order valence-corrected chi connectivity index (χ4v) is 4.05. The van der Waals surface area contributed by atoms with Crippen molar-refractivity contribution in [3.05, 3.63) is 23.9 Å². The number of nitrogens with zero attached hydrogens (tertiary/aromatic N) is 2. The number of nitrogens with two attached hydrogens (primary N) is 2. The number of nitrogens with one attached hydrogen (secondary N) is 1. The van der Waals surface area contributed by atoms with Crippen LogP contribution < -0.4 is 21.7 Å². The maximum atomic E-state index is 12.3. The third-order valence-electron chi connectivity index (χ3n) is 5.71. The van der Waals surface area contributed by atoms with Crippen molar-refractivity contribution < 1.29 is 9.59 Å². The first-order chi connectivity index (χ1) is 12.5. The zero-order chi connectivity index (χ0) is 18.5. The highest BCUT2D eigenvalue weighted by atomic mass is 35.5. The fourth-order valence-electron chi connectivity index (χ4n) is 4.05. The summed E-state index contributed by atoms with van der Waals surface area (Å²) in [6, 6.07) is 4.03. The summed E-state index contributed by atoms with van der Waals surface area (Å²) in [5.74, 6) is 0.969. The van der Waals surface area contributed by atoms with Crippen LogP contribution in [0.15, 0.2) is 18.3 Å². The van der Waals surface area contributed by atoms with Crippen LogP contribution in [0, 0.1) is 11.8 Å². The molecule has 0 spiro atoms. The van der Waals surface area contributed by atoms with E-state index >= 15 is 0 Å². The van der Waals surface area contributed by atoms with E-state index < -0.39 is 0 Å². The number of carbonyl (C=O) groups is 2. The molecule has 2 aliphatic rings. The lowest BCUT2D eigenvalue weighted by atomic mass is 9.96. The van der Waals surface area contributed by atoms with Crippen molar-refractivity contribution in [2.45, 2.75) is 51.1 Å². The number of pyridine rings is 1.